The minimum Gasteiger partial charge on any atom is -0.487 e. The van der Waals surface area contributed by atoms with Crippen molar-refractivity contribution in [3.8, 4) is 5.75 Å². The molecule has 1 heterocycles. The number of hydrogen-bond donors (Lipinski definition) is 1. The summed E-state index contributed by atoms with van der Waals surface area (Å²) in [6.45, 7) is 6.64. The summed E-state index contributed by atoms with van der Waals surface area (Å²) in [6, 6.07) is 10.2. The zero-order valence-electron chi connectivity index (χ0n) is 11.7. The minimum atomic E-state index is 0.0173. The first-order valence-electron chi connectivity index (χ1n) is 6.58. The van der Waals surface area contributed by atoms with Crippen molar-refractivity contribution in [3.63, 3.8) is 0 Å². The molecule has 0 saturated carbocycles. The summed E-state index contributed by atoms with van der Waals surface area (Å²) in [5.41, 5.74) is 7.86. The molecule has 19 heavy (non-hydrogen) atoms. The summed E-state index contributed by atoms with van der Waals surface area (Å²) in [5.74, 6) is 0.828. The van der Waals surface area contributed by atoms with Gasteiger partial charge in [0.1, 0.15) is 12.4 Å². The van der Waals surface area contributed by atoms with Gasteiger partial charge in [0.05, 0.1) is 5.69 Å². The molecule has 4 nitrogen and oxygen atoms in total. The van der Waals surface area contributed by atoms with Crippen molar-refractivity contribution in [1.29, 1.82) is 0 Å². The van der Waals surface area contributed by atoms with E-state index >= 15 is 0 Å². The lowest BCUT2D eigenvalue weighted by Gasteiger charge is -2.09. The third-order valence-corrected chi connectivity index (χ3v) is 2.96. The number of hydrogen-bond acceptors (Lipinski definition) is 3. The summed E-state index contributed by atoms with van der Waals surface area (Å²) in [4.78, 5) is 0. The predicted octanol–water partition coefficient (Wildman–Crippen LogP) is 3.06. The van der Waals surface area contributed by atoms with Gasteiger partial charge >= 0.3 is 0 Å². The van der Waals surface area contributed by atoms with Crippen LogP contribution >= 0.6 is 0 Å². The second-order valence-corrected chi connectivity index (χ2v) is 5.03. The Kier molecular flexibility index (Phi) is 4.22. The summed E-state index contributed by atoms with van der Waals surface area (Å²) in [7, 11) is 0. The Morgan fingerprint density at radius 2 is 2.05 bits per heavy atom. The maximum atomic E-state index is 5.86. The first-order chi connectivity index (χ1) is 9.06. The molecule has 1 atom stereocenters. The molecule has 1 aromatic heterocycles. The zero-order chi connectivity index (χ0) is 13.8. The SMILES string of the molecule is CC(C)n1ccc(COc2cccc([C@H](C)N)c2)n1. The van der Waals surface area contributed by atoms with Crippen molar-refractivity contribution in [2.24, 2.45) is 5.73 Å². The standard InChI is InChI=1S/C15H21N3O/c1-11(2)18-8-7-14(17-18)10-19-15-6-4-5-13(9-15)12(3)16/h4-9,11-12H,10,16H2,1-3H3/t12-/m0/s1. The Hall–Kier alpha value is -1.81. The van der Waals surface area contributed by atoms with Gasteiger partial charge in [-0.3, -0.25) is 4.68 Å². The molecule has 0 bridgehead atoms. The Morgan fingerprint density at radius 3 is 2.68 bits per heavy atom. The van der Waals surface area contributed by atoms with Crippen LogP contribution in [0.4, 0.5) is 0 Å². The maximum absolute atomic E-state index is 5.86. The summed E-state index contributed by atoms with van der Waals surface area (Å²) in [5, 5.41) is 4.45. The highest BCUT2D eigenvalue weighted by Crippen LogP contribution is 2.18. The largest absolute Gasteiger partial charge is 0.487 e. The van der Waals surface area contributed by atoms with E-state index in [4.69, 9.17) is 10.5 Å². The Bertz CT molecular complexity index is 532. The van der Waals surface area contributed by atoms with Crippen LogP contribution in [0.5, 0.6) is 5.75 Å². The molecular formula is C15H21N3O. The number of aromatic nitrogens is 2. The van der Waals surface area contributed by atoms with E-state index in [9.17, 15) is 0 Å². The summed E-state index contributed by atoms with van der Waals surface area (Å²) >= 11 is 0. The molecule has 0 unspecified atom stereocenters. The van der Waals surface area contributed by atoms with Crippen LogP contribution in [0.1, 0.15) is 44.1 Å². The molecule has 2 N–H and O–H groups in total. The lowest BCUT2D eigenvalue weighted by atomic mass is 10.1. The molecule has 102 valence electrons. The Balaban J connectivity index is 1.99. The average Bonchev–Trinajstić information content (AvgIpc) is 2.85. The van der Waals surface area contributed by atoms with Gasteiger partial charge in [0, 0.05) is 18.3 Å². The lowest BCUT2D eigenvalue weighted by Crippen LogP contribution is -2.05. The molecule has 0 spiro atoms. The van der Waals surface area contributed by atoms with Crippen LogP contribution in [0.15, 0.2) is 36.5 Å². The number of rotatable bonds is 5. The van der Waals surface area contributed by atoms with E-state index in [2.05, 4.69) is 18.9 Å². The first kappa shape index (κ1) is 13.6. The molecule has 0 aliphatic carbocycles. The predicted molar refractivity (Wildman–Crippen MR) is 76.0 cm³/mol. The molecular weight excluding hydrogens is 238 g/mol. The summed E-state index contributed by atoms with van der Waals surface area (Å²) in [6.07, 6.45) is 1.97. The first-order valence-corrected chi connectivity index (χ1v) is 6.58. The molecule has 0 fully saturated rings. The molecule has 0 aliphatic rings. The molecule has 4 heteroatoms. The van der Waals surface area contributed by atoms with Gasteiger partial charge in [0.2, 0.25) is 0 Å². The van der Waals surface area contributed by atoms with Crippen molar-refractivity contribution >= 4 is 0 Å². The van der Waals surface area contributed by atoms with Crippen molar-refractivity contribution in [3.05, 3.63) is 47.8 Å². The van der Waals surface area contributed by atoms with Gasteiger partial charge in [-0.05, 0) is 44.5 Å². The van der Waals surface area contributed by atoms with Gasteiger partial charge < -0.3 is 10.5 Å². The Morgan fingerprint density at radius 1 is 1.26 bits per heavy atom. The van der Waals surface area contributed by atoms with Crippen molar-refractivity contribution in [2.75, 3.05) is 0 Å². The number of ether oxygens (including phenoxy) is 1. The third kappa shape index (κ3) is 3.58. The summed E-state index contributed by atoms with van der Waals surface area (Å²) < 4.78 is 7.67. The maximum Gasteiger partial charge on any atom is 0.132 e. The van der Waals surface area contributed by atoms with Crippen molar-refractivity contribution < 1.29 is 4.74 Å². The van der Waals surface area contributed by atoms with E-state index in [0.29, 0.717) is 12.6 Å². The molecule has 2 rings (SSSR count). The second kappa shape index (κ2) is 5.89. The van der Waals surface area contributed by atoms with Crippen molar-refractivity contribution in [2.45, 2.75) is 39.5 Å². The van der Waals surface area contributed by atoms with Crippen molar-refractivity contribution in [1.82, 2.24) is 9.78 Å². The van der Waals surface area contributed by atoms with Gasteiger partial charge in [-0.25, -0.2) is 0 Å². The molecule has 2 aromatic rings. The van der Waals surface area contributed by atoms with Gasteiger partial charge in [-0.1, -0.05) is 12.1 Å². The zero-order valence-corrected chi connectivity index (χ0v) is 11.7. The molecule has 0 aliphatic heterocycles. The number of benzene rings is 1. The lowest BCUT2D eigenvalue weighted by molar-refractivity contribution is 0.298. The second-order valence-electron chi connectivity index (χ2n) is 5.03. The average molecular weight is 259 g/mol. The van der Waals surface area contributed by atoms with Gasteiger partial charge in [-0.2, -0.15) is 5.10 Å². The van der Waals surface area contributed by atoms with Crippen LogP contribution < -0.4 is 10.5 Å². The van der Waals surface area contributed by atoms with Crippen LogP contribution in [0.25, 0.3) is 0 Å². The molecule has 0 radical (unpaired) electrons. The third-order valence-electron chi connectivity index (χ3n) is 2.96. The van der Waals surface area contributed by atoms with E-state index in [-0.39, 0.29) is 6.04 Å². The van der Waals surface area contributed by atoms with Gasteiger partial charge in [-0.15, -0.1) is 0 Å². The quantitative estimate of drug-likeness (QED) is 0.897. The number of nitrogens with two attached hydrogens (primary N) is 1. The highest BCUT2D eigenvalue weighted by molar-refractivity contribution is 5.30. The van der Waals surface area contributed by atoms with Gasteiger partial charge in [0.25, 0.3) is 0 Å². The highest BCUT2D eigenvalue weighted by atomic mass is 16.5. The topological polar surface area (TPSA) is 53.1 Å². The van der Waals surface area contributed by atoms with E-state index in [1.54, 1.807) is 0 Å². The van der Waals surface area contributed by atoms with Crippen LogP contribution in [-0.2, 0) is 6.61 Å². The smallest absolute Gasteiger partial charge is 0.132 e. The molecule has 0 amide bonds. The molecule has 1 aromatic carbocycles. The number of nitrogens with zero attached hydrogens (tertiary/aromatic N) is 2. The Labute approximate surface area is 114 Å². The van der Waals surface area contributed by atoms with Crippen LogP contribution in [0.3, 0.4) is 0 Å². The van der Waals surface area contributed by atoms with Crippen LogP contribution in [-0.4, -0.2) is 9.78 Å². The minimum absolute atomic E-state index is 0.0173. The fraction of sp³-hybridized carbons (Fsp3) is 0.400. The van der Waals surface area contributed by atoms with Crippen LogP contribution in [0, 0.1) is 0 Å². The van der Waals surface area contributed by atoms with Crippen LogP contribution in [0.2, 0.25) is 0 Å². The van der Waals surface area contributed by atoms with E-state index in [1.165, 1.54) is 0 Å². The highest BCUT2D eigenvalue weighted by Gasteiger charge is 2.04. The normalized spacial score (nSPS) is 12.7. The van der Waals surface area contributed by atoms with E-state index < -0.39 is 0 Å². The monoisotopic (exact) mass is 259 g/mol. The molecule has 0 saturated heterocycles. The van der Waals surface area contributed by atoms with Gasteiger partial charge in [0.15, 0.2) is 0 Å². The van der Waals surface area contributed by atoms with E-state index in [0.717, 1.165) is 17.0 Å². The fourth-order valence-electron chi connectivity index (χ4n) is 1.79. The van der Waals surface area contributed by atoms with E-state index in [1.807, 2.05) is 48.1 Å². The fourth-order valence-corrected chi connectivity index (χ4v) is 1.79.